The number of thioether (sulfide) groups is 1. The molecule has 0 unspecified atom stereocenters. The Bertz CT molecular complexity index is 807. The Balaban J connectivity index is 1.57. The maximum Gasteiger partial charge on any atom is 0.219 e. The van der Waals surface area contributed by atoms with Gasteiger partial charge in [0.25, 0.3) is 0 Å². The Hall–Kier alpha value is -1.50. The van der Waals surface area contributed by atoms with Crippen molar-refractivity contribution in [1.82, 2.24) is 9.80 Å². The van der Waals surface area contributed by atoms with Gasteiger partial charge in [0.05, 0.1) is 7.11 Å². The van der Waals surface area contributed by atoms with Crippen LogP contribution in [0.3, 0.4) is 0 Å². The Morgan fingerprint density at radius 1 is 1.04 bits per heavy atom. The molecule has 0 saturated carbocycles. The molecule has 28 heavy (non-hydrogen) atoms. The number of carbonyl (C=O) groups excluding carboxylic acids is 1. The van der Waals surface area contributed by atoms with Gasteiger partial charge in [-0.3, -0.25) is 9.69 Å². The zero-order valence-electron chi connectivity index (χ0n) is 16.5. The van der Waals surface area contributed by atoms with Gasteiger partial charge in [0.1, 0.15) is 5.75 Å². The summed E-state index contributed by atoms with van der Waals surface area (Å²) in [5, 5.41) is 0. The lowest BCUT2D eigenvalue weighted by molar-refractivity contribution is -0.130. The normalized spacial score (nSPS) is 14.9. The van der Waals surface area contributed by atoms with Gasteiger partial charge >= 0.3 is 0 Å². The van der Waals surface area contributed by atoms with Gasteiger partial charge in [-0.15, -0.1) is 0 Å². The second-order valence-electron chi connectivity index (χ2n) is 7.00. The molecule has 0 spiro atoms. The van der Waals surface area contributed by atoms with Crippen LogP contribution in [0.4, 0.5) is 0 Å². The molecule has 1 aliphatic heterocycles. The van der Waals surface area contributed by atoms with Gasteiger partial charge < -0.3 is 9.64 Å². The van der Waals surface area contributed by atoms with E-state index >= 15 is 0 Å². The summed E-state index contributed by atoms with van der Waals surface area (Å²) in [4.78, 5) is 15.9. The fraction of sp³-hybridized carbons (Fsp3) is 0.409. The zero-order valence-corrected chi connectivity index (χ0v) is 18.9. The highest BCUT2D eigenvalue weighted by Gasteiger charge is 2.19. The highest BCUT2D eigenvalue weighted by atomic mass is 79.9. The van der Waals surface area contributed by atoms with Crippen LogP contribution in [0.1, 0.15) is 23.6 Å². The summed E-state index contributed by atoms with van der Waals surface area (Å²) in [6.07, 6.45) is 0. The van der Waals surface area contributed by atoms with Crippen molar-refractivity contribution in [2.24, 2.45) is 0 Å². The molecule has 1 heterocycles. The molecule has 2 aromatic rings. The number of piperazine rings is 1. The van der Waals surface area contributed by atoms with Crippen LogP contribution in [-0.4, -0.2) is 49.0 Å². The first kappa shape index (κ1) is 21.2. The molecule has 0 bridgehead atoms. The molecule has 1 aliphatic rings. The summed E-state index contributed by atoms with van der Waals surface area (Å²) in [7, 11) is 1.72. The summed E-state index contributed by atoms with van der Waals surface area (Å²) >= 11 is 5.45. The number of rotatable bonds is 7. The third-order valence-electron chi connectivity index (χ3n) is 5.09. The third kappa shape index (κ3) is 5.75. The largest absolute Gasteiger partial charge is 0.496 e. The quantitative estimate of drug-likeness (QED) is 0.603. The van der Waals surface area contributed by atoms with Crippen LogP contribution in [0.5, 0.6) is 5.75 Å². The molecular formula is C22H27BrN2O2S. The van der Waals surface area contributed by atoms with Crippen LogP contribution in [0.25, 0.3) is 0 Å². The summed E-state index contributed by atoms with van der Waals surface area (Å²) < 4.78 is 6.56. The van der Waals surface area contributed by atoms with Gasteiger partial charge in [-0.1, -0.05) is 40.2 Å². The number of ether oxygens (including phenoxy) is 1. The monoisotopic (exact) mass is 462 g/mol. The molecule has 0 radical (unpaired) electrons. The first-order valence-electron chi connectivity index (χ1n) is 9.51. The molecule has 150 valence electrons. The predicted molar refractivity (Wildman–Crippen MR) is 120 cm³/mol. The van der Waals surface area contributed by atoms with E-state index in [0.29, 0.717) is 0 Å². The van der Waals surface area contributed by atoms with Gasteiger partial charge in [0.15, 0.2) is 0 Å². The van der Waals surface area contributed by atoms with E-state index in [2.05, 4.69) is 51.2 Å². The Kier molecular flexibility index (Phi) is 7.82. The molecule has 0 aliphatic carbocycles. The average Bonchev–Trinajstić information content (AvgIpc) is 2.70. The van der Waals surface area contributed by atoms with E-state index in [1.54, 1.807) is 14.0 Å². The van der Waals surface area contributed by atoms with E-state index in [9.17, 15) is 4.79 Å². The summed E-state index contributed by atoms with van der Waals surface area (Å²) in [6, 6.07) is 14.8. The molecule has 1 saturated heterocycles. The van der Waals surface area contributed by atoms with E-state index in [0.717, 1.165) is 54.5 Å². The SMILES string of the molecule is COc1ccc(Br)cc1CSCc1ccccc1CN1CCN(C(C)=O)CC1. The molecular weight excluding hydrogens is 436 g/mol. The summed E-state index contributed by atoms with van der Waals surface area (Å²) in [6.45, 7) is 6.14. The molecule has 1 fully saturated rings. The first-order valence-corrected chi connectivity index (χ1v) is 11.5. The molecule has 4 nitrogen and oxygen atoms in total. The number of halogens is 1. The Labute approximate surface area is 180 Å². The van der Waals surface area contributed by atoms with Gasteiger partial charge in [0.2, 0.25) is 5.91 Å². The molecule has 0 N–H and O–H groups in total. The standard InChI is InChI=1S/C22H27BrN2O2S/c1-17(26)25-11-9-24(10-12-25)14-18-5-3-4-6-19(18)15-28-16-20-13-21(23)7-8-22(20)27-2/h3-8,13H,9-12,14-16H2,1-2H3. The topological polar surface area (TPSA) is 32.8 Å². The predicted octanol–water partition coefficient (Wildman–Crippen LogP) is 4.56. The van der Waals surface area contributed by atoms with Crippen molar-refractivity contribution in [3.8, 4) is 5.75 Å². The zero-order chi connectivity index (χ0) is 19.9. The van der Waals surface area contributed by atoms with Crippen molar-refractivity contribution in [2.75, 3.05) is 33.3 Å². The van der Waals surface area contributed by atoms with Gasteiger partial charge in [-0.05, 0) is 29.3 Å². The van der Waals surface area contributed by atoms with Crippen molar-refractivity contribution in [2.45, 2.75) is 25.0 Å². The fourth-order valence-corrected chi connectivity index (χ4v) is 4.90. The lowest BCUT2D eigenvalue weighted by Gasteiger charge is -2.34. The number of methoxy groups -OCH3 is 1. The number of hydrogen-bond acceptors (Lipinski definition) is 4. The number of amides is 1. The van der Waals surface area contributed by atoms with Crippen LogP contribution < -0.4 is 4.74 Å². The van der Waals surface area contributed by atoms with Crippen LogP contribution >= 0.6 is 27.7 Å². The summed E-state index contributed by atoms with van der Waals surface area (Å²) in [5.41, 5.74) is 3.97. The molecule has 2 aromatic carbocycles. The molecule has 0 atom stereocenters. The van der Waals surface area contributed by atoms with E-state index < -0.39 is 0 Å². The van der Waals surface area contributed by atoms with Crippen LogP contribution in [0.2, 0.25) is 0 Å². The van der Waals surface area contributed by atoms with Crippen molar-refractivity contribution >= 4 is 33.6 Å². The van der Waals surface area contributed by atoms with E-state index in [-0.39, 0.29) is 5.91 Å². The second kappa shape index (κ2) is 10.3. The van der Waals surface area contributed by atoms with Crippen LogP contribution in [0.15, 0.2) is 46.9 Å². The van der Waals surface area contributed by atoms with E-state index in [4.69, 9.17) is 4.74 Å². The minimum absolute atomic E-state index is 0.180. The summed E-state index contributed by atoms with van der Waals surface area (Å²) in [5.74, 6) is 3.00. The Morgan fingerprint density at radius 2 is 1.71 bits per heavy atom. The minimum Gasteiger partial charge on any atom is -0.496 e. The molecule has 6 heteroatoms. The minimum atomic E-state index is 0.180. The van der Waals surface area contributed by atoms with E-state index in [1.165, 1.54) is 16.7 Å². The van der Waals surface area contributed by atoms with E-state index in [1.807, 2.05) is 28.8 Å². The number of nitrogens with zero attached hydrogens (tertiary/aromatic N) is 2. The maximum atomic E-state index is 11.5. The van der Waals surface area contributed by atoms with Crippen molar-refractivity contribution < 1.29 is 9.53 Å². The number of hydrogen-bond donors (Lipinski definition) is 0. The van der Waals surface area contributed by atoms with Crippen molar-refractivity contribution in [3.63, 3.8) is 0 Å². The fourth-order valence-electron chi connectivity index (χ4n) is 3.45. The lowest BCUT2D eigenvalue weighted by Crippen LogP contribution is -2.47. The first-order chi connectivity index (χ1) is 13.6. The van der Waals surface area contributed by atoms with Crippen LogP contribution in [0, 0.1) is 0 Å². The average molecular weight is 463 g/mol. The smallest absolute Gasteiger partial charge is 0.219 e. The highest BCUT2D eigenvalue weighted by Crippen LogP contribution is 2.29. The van der Waals surface area contributed by atoms with Crippen molar-refractivity contribution in [3.05, 3.63) is 63.6 Å². The molecule has 0 aromatic heterocycles. The van der Waals surface area contributed by atoms with Gasteiger partial charge in [0, 0.05) is 61.2 Å². The van der Waals surface area contributed by atoms with Crippen LogP contribution in [-0.2, 0) is 22.8 Å². The lowest BCUT2D eigenvalue weighted by atomic mass is 10.1. The second-order valence-corrected chi connectivity index (χ2v) is 8.90. The number of carbonyl (C=O) groups is 1. The van der Waals surface area contributed by atoms with Crippen molar-refractivity contribution in [1.29, 1.82) is 0 Å². The molecule has 3 rings (SSSR count). The highest BCUT2D eigenvalue weighted by molar-refractivity contribution is 9.10. The third-order valence-corrected chi connectivity index (χ3v) is 6.61. The number of benzene rings is 2. The Morgan fingerprint density at radius 3 is 2.39 bits per heavy atom. The molecule has 1 amide bonds. The van der Waals surface area contributed by atoms with Gasteiger partial charge in [-0.2, -0.15) is 11.8 Å². The maximum absolute atomic E-state index is 11.5. The van der Waals surface area contributed by atoms with Gasteiger partial charge in [-0.25, -0.2) is 0 Å².